The van der Waals surface area contributed by atoms with Crippen molar-refractivity contribution in [3.05, 3.63) is 70.3 Å². The van der Waals surface area contributed by atoms with Crippen molar-refractivity contribution in [2.75, 3.05) is 6.54 Å². The van der Waals surface area contributed by atoms with Gasteiger partial charge < -0.3 is 4.90 Å². The fourth-order valence-corrected chi connectivity index (χ4v) is 5.33. The summed E-state index contributed by atoms with van der Waals surface area (Å²) in [6, 6.07) is 15.3. The molecular weight excluding hydrogens is 434 g/mol. The first-order valence-electron chi connectivity index (χ1n) is 13.4. The number of nitrogens with zero attached hydrogens (tertiary/aromatic N) is 3. The highest BCUT2D eigenvalue weighted by atomic mass is 16.2. The van der Waals surface area contributed by atoms with Crippen LogP contribution in [0.1, 0.15) is 89.6 Å². The Morgan fingerprint density at radius 1 is 1.09 bits per heavy atom. The number of benzene rings is 2. The van der Waals surface area contributed by atoms with E-state index in [4.69, 9.17) is 4.98 Å². The van der Waals surface area contributed by atoms with Gasteiger partial charge in [0.1, 0.15) is 5.82 Å². The van der Waals surface area contributed by atoms with Crippen molar-refractivity contribution in [1.29, 1.82) is 0 Å². The summed E-state index contributed by atoms with van der Waals surface area (Å²) in [6.07, 6.45) is 9.49. The monoisotopic (exact) mass is 473 g/mol. The van der Waals surface area contributed by atoms with Crippen LogP contribution in [0.2, 0.25) is 0 Å². The minimum Gasteiger partial charge on any atom is -0.333 e. The average Bonchev–Trinajstić information content (AvgIpc) is 3.41. The van der Waals surface area contributed by atoms with E-state index in [1.165, 1.54) is 31.2 Å². The summed E-state index contributed by atoms with van der Waals surface area (Å²) in [4.78, 5) is 34.2. The summed E-state index contributed by atoms with van der Waals surface area (Å²) in [7, 11) is 0. The highest BCUT2D eigenvalue weighted by Crippen LogP contribution is 2.30. The molecule has 0 spiro atoms. The van der Waals surface area contributed by atoms with Gasteiger partial charge in [-0.05, 0) is 61.9 Å². The third-order valence-corrected chi connectivity index (χ3v) is 7.56. The molecule has 0 N–H and O–H groups in total. The van der Waals surface area contributed by atoms with E-state index in [1.807, 2.05) is 48.2 Å². The lowest BCUT2D eigenvalue weighted by Gasteiger charge is -2.31. The number of hydrogen-bond donors (Lipinski definition) is 0. The summed E-state index contributed by atoms with van der Waals surface area (Å²) >= 11 is 0. The molecule has 5 nitrogen and oxygen atoms in total. The molecule has 0 saturated heterocycles. The van der Waals surface area contributed by atoms with E-state index in [0.29, 0.717) is 35.6 Å². The van der Waals surface area contributed by atoms with Crippen LogP contribution in [0.4, 0.5) is 0 Å². The molecule has 3 aromatic rings. The first kappa shape index (κ1) is 25.2. The Morgan fingerprint density at radius 3 is 2.49 bits per heavy atom. The molecular formula is C30H39N3O2. The van der Waals surface area contributed by atoms with Crippen LogP contribution in [0.15, 0.2) is 53.3 Å². The number of carbonyl (C=O) groups excluding carboxylic acids is 1. The second-order valence-corrected chi connectivity index (χ2v) is 9.95. The van der Waals surface area contributed by atoms with Crippen molar-refractivity contribution in [1.82, 2.24) is 14.5 Å². The molecule has 1 aromatic heterocycles. The maximum absolute atomic E-state index is 13.7. The van der Waals surface area contributed by atoms with E-state index < -0.39 is 0 Å². The third kappa shape index (κ3) is 5.66. The second kappa shape index (κ2) is 11.7. The summed E-state index contributed by atoms with van der Waals surface area (Å²) in [5.74, 6) is 1.48. The standard InChI is InChI=1S/C30H39N3O2/c1-4-6-21-32(28(34)20-17-24-11-7-8-12-24)22(3)29-31-27-14-10-9-13-26(27)30(35)33(29)25-18-15-23(5-2)16-19-25/h9-10,13-16,18-19,22,24H,4-8,11-12,17,20-21H2,1-3H3. The van der Waals surface area contributed by atoms with Gasteiger partial charge in [-0.1, -0.05) is 70.2 Å². The van der Waals surface area contributed by atoms with E-state index in [2.05, 4.69) is 26.0 Å². The molecule has 35 heavy (non-hydrogen) atoms. The van der Waals surface area contributed by atoms with Gasteiger partial charge in [-0.2, -0.15) is 0 Å². The van der Waals surface area contributed by atoms with E-state index in [1.54, 1.807) is 4.57 Å². The Hall–Kier alpha value is -2.95. The maximum Gasteiger partial charge on any atom is 0.266 e. The Labute approximate surface area is 209 Å². The summed E-state index contributed by atoms with van der Waals surface area (Å²) in [5, 5.41) is 0.593. The molecule has 1 saturated carbocycles. The van der Waals surface area contributed by atoms with Gasteiger partial charge in [0.05, 0.1) is 22.6 Å². The minimum atomic E-state index is -0.305. The highest BCUT2D eigenvalue weighted by Gasteiger charge is 2.27. The van der Waals surface area contributed by atoms with Gasteiger partial charge in [-0.25, -0.2) is 4.98 Å². The third-order valence-electron chi connectivity index (χ3n) is 7.56. The summed E-state index contributed by atoms with van der Waals surface area (Å²) in [5.41, 5.74) is 2.60. The lowest BCUT2D eigenvalue weighted by molar-refractivity contribution is -0.134. The molecule has 0 radical (unpaired) electrons. The zero-order valence-corrected chi connectivity index (χ0v) is 21.5. The van der Waals surface area contributed by atoms with Gasteiger partial charge in [-0.3, -0.25) is 14.2 Å². The van der Waals surface area contributed by atoms with Crippen molar-refractivity contribution in [3.8, 4) is 5.69 Å². The lowest BCUT2D eigenvalue weighted by atomic mass is 10.0. The van der Waals surface area contributed by atoms with E-state index in [-0.39, 0.29) is 17.5 Å². The Balaban J connectivity index is 1.75. The highest BCUT2D eigenvalue weighted by molar-refractivity contribution is 5.79. The first-order valence-corrected chi connectivity index (χ1v) is 13.4. The van der Waals surface area contributed by atoms with E-state index >= 15 is 0 Å². The molecule has 1 aliphatic carbocycles. The van der Waals surface area contributed by atoms with E-state index in [9.17, 15) is 9.59 Å². The number of rotatable bonds is 10. The van der Waals surface area contributed by atoms with Crippen LogP contribution in [0.3, 0.4) is 0 Å². The number of unbranched alkanes of at least 4 members (excludes halogenated alkanes) is 1. The number of fused-ring (bicyclic) bond motifs is 1. The molecule has 1 amide bonds. The summed E-state index contributed by atoms with van der Waals surface area (Å²) in [6.45, 7) is 6.97. The Bertz CT molecular complexity index is 1190. The molecule has 1 aliphatic rings. The van der Waals surface area contributed by atoms with Crippen LogP contribution in [0, 0.1) is 5.92 Å². The quantitative estimate of drug-likeness (QED) is 0.333. The van der Waals surface area contributed by atoms with Crippen LogP contribution in [-0.2, 0) is 11.2 Å². The molecule has 4 rings (SSSR count). The Morgan fingerprint density at radius 2 is 1.80 bits per heavy atom. The number of amides is 1. The second-order valence-electron chi connectivity index (χ2n) is 9.95. The first-order chi connectivity index (χ1) is 17.0. The van der Waals surface area contributed by atoms with Crippen molar-refractivity contribution >= 4 is 16.8 Å². The van der Waals surface area contributed by atoms with Crippen molar-refractivity contribution in [2.45, 2.75) is 84.6 Å². The largest absolute Gasteiger partial charge is 0.333 e. The number of aromatic nitrogens is 2. The molecule has 1 fully saturated rings. The zero-order chi connectivity index (χ0) is 24.8. The van der Waals surface area contributed by atoms with Gasteiger partial charge in [0.15, 0.2) is 0 Å². The van der Waals surface area contributed by atoms with Crippen LogP contribution < -0.4 is 5.56 Å². The molecule has 1 unspecified atom stereocenters. The van der Waals surface area contributed by atoms with Crippen LogP contribution in [0.25, 0.3) is 16.6 Å². The SMILES string of the molecule is CCCCN(C(=O)CCC1CCCC1)C(C)c1nc2ccccc2c(=O)n1-c1ccc(CC)cc1. The maximum atomic E-state index is 13.7. The Kier molecular flexibility index (Phi) is 8.37. The lowest BCUT2D eigenvalue weighted by Crippen LogP contribution is -2.38. The van der Waals surface area contributed by atoms with Gasteiger partial charge in [-0.15, -0.1) is 0 Å². The predicted molar refractivity (Wildman–Crippen MR) is 143 cm³/mol. The molecule has 0 aliphatic heterocycles. The molecule has 0 bridgehead atoms. The van der Waals surface area contributed by atoms with Crippen LogP contribution >= 0.6 is 0 Å². The van der Waals surface area contributed by atoms with Crippen molar-refractivity contribution in [2.24, 2.45) is 5.92 Å². The fourth-order valence-electron chi connectivity index (χ4n) is 5.33. The molecule has 186 valence electrons. The molecule has 1 atom stereocenters. The van der Waals surface area contributed by atoms with Gasteiger partial charge in [0.25, 0.3) is 5.56 Å². The molecule has 1 heterocycles. The smallest absolute Gasteiger partial charge is 0.266 e. The van der Waals surface area contributed by atoms with Crippen molar-refractivity contribution in [3.63, 3.8) is 0 Å². The zero-order valence-electron chi connectivity index (χ0n) is 21.5. The fraction of sp³-hybridized carbons (Fsp3) is 0.500. The van der Waals surface area contributed by atoms with Crippen LogP contribution in [0.5, 0.6) is 0 Å². The van der Waals surface area contributed by atoms with Gasteiger partial charge in [0.2, 0.25) is 5.91 Å². The average molecular weight is 474 g/mol. The predicted octanol–water partition coefficient (Wildman–Crippen LogP) is 6.61. The van der Waals surface area contributed by atoms with Gasteiger partial charge in [0, 0.05) is 13.0 Å². The number of aryl methyl sites for hydroxylation is 1. The number of para-hydroxylation sites is 1. The topological polar surface area (TPSA) is 55.2 Å². The molecule has 5 heteroatoms. The van der Waals surface area contributed by atoms with E-state index in [0.717, 1.165) is 31.4 Å². The number of carbonyl (C=O) groups is 1. The molecule has 2 aromatic carbocycles. The minimum absolute atomic E-state index is 0.0875. The van der Waals surface area contributed by atoms with Gasteiger partial charge >= 0.3 is 0 Å². The van der Waals surface area contributed by atoms with Crippen molar-refractivity contribution < 1.29 is 4.79 Å². The van der Waals surface area contributed by atoms with Crippen LogP contribution in [-0.4, -0.2) is 26.9 Å². The number of hydrogen-bond acceptors (Lipinski definition) is 3. The summed E-state index contributed by atoms with van der Waals surface area (Å²) < 4.78 is 1.72. The normalized spacial score (nSPS) is 14.9.